The van der Waals surface area contributed by atoms with Gasteiger partial charge in [0.2, 0.25) is 5.90 Å². The number of sulfone groups is 1. The van der Waals surface area contributed by atoms with Gasteiger partial charge >= 0.3 is 0 Å². The standard InChI is InChI=1S/C24H24N2O6S/c1-33(27,28)21-4-2-17(3-5-21)31-19-12-16(13-20(14-19)32-18-8-10-29-15-18)22-6-7-23(26-22)24-25-9-11-30-24/h2-7,12-14,18,26H,8-11,15H2,1H3/t18-/m0/s1. The van der Waals surface area contributed by atoms with Gasteiger partial charge in [0.05, 0.1) is 24.7 Å². The molecule has 1 aromatic heterocycles. The minimum absolute atomic E-state index is 0.0115. The molecule has 1 atom stereocenters. The minimum Gasteiger partial charge on any atom is -0.488 e. The van der Waals surface area contributed by atoms with E-state index in [1.54, 1.807) is 12.1 Å². The van der Waals surface area contributed by atoms with E-state index in [-0.39, 0.29) is 11.0 Å². The first-order valence-corrected chi connectivity index (χ1v) is 12.6. The molecule has 1 fully saturated rings. The fraction of sp³-hybridized carbons (Fsp3) is 0.292. The first-order chi connectivity index (χ1) is 15.9. The summed E-state index contributed by atoms with van der Waals surface area (Å²) in [5, 5.41) is 0. The van der Waals surface area contributed by atoms with Crippen LogP contribution in [0.3, 0.4) is 0 Å². The molecule has 0 unspecified atom stereocenters. The number of aliphatic imine (C=N–C) groups is 1. The number of aromatic nitrogens is 1. The first kappa shape index (κ1) is 21.5. The van der Waals surface area contributed by atoms with Gasteiger partial charge < -0.3 is 23.9 Å². The number of benzene rings is 2. The maximum absolute atomic E-state index is 11.7. The summed E-state index contributed by atoms with van der Waals surface area (Å²) < 4.78 is 46.6. The van der Waals surface area contributed by atoms with Crippen molar-refractivity contribution in [2.45, 2.75) is 17.4 Å². The molecule has 2 aliphatic heterocycles. The zero-order valence-electron chi connectivity index (χ0n) is 18.1. The van der Waals surface area contributed by atoms with Crippen LogP contribution >= 0.6 is 0 Å². The Labute approximate surface area is 192 Å². The van der Waals surface area contributed by atoms with Crippen LogP contribution in [0.4, 0.5) is 0 Å². The summed E-state index contributed by atoms with van der Waals surface area (Å²) in [6.07, 6.45) is 2.00. The molecule has 2 aliphatic rings. The van der Waals surface area contributed by atoms with Crippen LogP contribution in [0.15, 0.2) is 64.5 Å². The summed E-state index contributed by atoms with van der Waals surface area (Å²) in [5.41, 5.74) is 2.56. The quantitative estimate of drug-likeness (QED) is 0.566. The highest BCUT2D eigenvalue weighted by molar-refractivity contribution is 7.90. The number of hydrogen-bond acceptors (Lipinski definition) is 7. The van der Waals surface area contributed by atoms with E-state index in [1.165, 1.54) is 18.4 Å². The molecule has 2 aromatic carbocycles. The Morgan fingerprint density at radius 3 is 2.45 bits per heavy atom. The van der Waals surface area contributed by atoms with Crippen LogP contribution in [0.1, 0.15) is 12.1 Å². The lowest BCUT2D eigenvalue weighted by Crippen LogP contribution is -2.15. The van der Waals surface area contributed by atoms with Gasteiger partial charge in [-0.15, -0.1) is 0 Å². The van der Waals surface area contributed by atoms with E-state index in [1.807, 2.05) is 30.3 Å². The van der Waals surface area contributed by atoms with Crippen LogP contribution in [-0.4, -0.2) is 58.0 Å². The molecule has 3 heterocycles. The fourth-order valence-electron chi connectivity index (χ4n) is 3.73. The molecule has 0 bridgehead atoms. The lowest BCUT2D eigenvalue weighted by Gasteiger charge is -2.15. The second kappa shape index (κ2) is 8.92. The highest BCUT2D eigenvalue weighted by atomic mass is 32.2. The van der Waals surface area contributed by atoms with Crippen molar-refractivity contribution in [3.63, 3.8) is 0 Å². The van der Waals surface area contributed by atoms with Gasteiger partial charge in [0.1, 0.15) is 35.7 Å². The molecule has 1 N–H and O–H groups in total. The van der Waals surface area contributed by atoms with Gasteiger partial charge in [0, 0.05) is 30.0 Å². The van der Waals surface area contributed by atoms with Gasteiger partial charge in [-0.05, 0) is 48.5 Å². The average Bonchev–Trinajstić information content (AvgIpc) is 3.55. The van der Waals surface area contributed by atoms with E-state index in [2.05, 4.69) is 9.98 Å². The Balaban J connectivity index is 1.45. The molecule has 9 heteroatoms. The van der Waals surface area contributed by atoms with Crippen LogP contribution in [0.5, 0.6) is 17.2 Å². The zero-order valence-corrected chi connectivity index (χ0v) is 18.9. The van der Waals surface area contributed by atoms with Crippen molar-refractivity contribution in [3.8, 4) is 28.5 Å². The highest BCUT2D eigenvalue weighted by Crippen LogP contribution is 2.33. The maximum Gasteiger partial charge on any atom is 0.233 e. The molecule has 33 heavy (non-hydrogen) atoms. The summed E-state index contributed by atoms with van der Waals surface area (Å²) in [5.74, 6) is 2.37. The van der Waals surface area contributed by atoms with E-state index in [9.17, 15) is 8.42 Å². The number of hydrogen-bond donors (Lipinski definition) is 1. The van der Waals surface area contributed by atoms with Crippen LogP contribution in [0.25, 0.3) is 11.3 Å². The predicted molar refractivity (Wildman–Crippen MR) is 123 cm³/mol. The van der Waals surface area contributed by atoms with Crippen LogP contribution < -0.4 is 9.47 Å². The topological polar surface area (TPSA) is 99.2 Å². The van der Waals surface area contributed by atoms with Crippen molar-refractivity contribution in [1.82, 2.24) is 4.98 Å². The van der Waals surface area contributed by atoms with Crippen molar-refractivity contribution in [1.29, 1.82) is 0 Å². The molecule has 3 aromatic rings. The molecule has 0 radical (unpaired) electrons. The van der Waals surface area contributed by atoms with Crippen molar-refractivity contribution in [3.05, 3.63) is 60.3 Å². The molecule has 0 spiro atoms. The number of H-pyrrole nitrogens is 1. The van der Waals surface area contributed by atoms with Crippen LogP contribution in [0, 0.1) is 0 Å². The van der Waals surface area contributed by atoms with Gasteiger partial charge in [0.15, 0.2) is 9.84 Å². The number of nitrogens with one attached hydrogen (secondary N) is 1. The average molecular weight is 469 g/mol. The summed E-state index contributed by atoms with van der Waals surface area (Å²) in [6.45, 7) is 2.48. The Bertz CT molecular complexity index is 1270. The van der Waals surface area contributed by atoms with E-state index in [0.29, 0.717) is 49.5 Å². The van der Waals surface area contributed by atoms with Gasteiger partial charge in [0.25, 0.3) is 0 Å². The van der Waals surface area contributed by atoms with Crippen molar-refractivity contribution in [2.24, 2.45) is 4.99 Å². The molecular weight excluding hydrogens is 444 g/mol. The third-order valence-electron chi connectivity index (χ3n) is 5.37. The van der Waals surface area contributed by atoms with Crippen LogP contribution in [-0.2, 0) is 19.3 Å². The third kappa shape index (κ3) is 5.04. The Kier molecular flexibility index (Phi) is 5.82. The lowest BCUT2D eigenvalue weighted by atomic mass is 10.1. The van der Waals surface area contributed by atoms with Gasteiger partial charge in [-0.3, -0.25) is 0 Å². The molecule has 0 saturated carbocycles. The molecule has 0 aliphatic carbocycles. The molecule has 0 amide bonds. The van der Waals surface area contributed by atoms with Crippen molar-refractivity contribution < 1.29 is 27.4 Å². The number of rotatable bonds is 7. The number of nitrogens with zero attached hydrogens (tertiary/aromatic N) is 1. The van der Waals surface area contributed by atoms with Gasteiger partial charge in [-0.2, -0.15) is 0 Å². The molecule has 5 rings (SSSR count). The van der Waals surface area contributed by atoms with E-state index in [0.717, 1.165) is 23.4 Å². The highest BCUT2D eigenvalue weighted by Gasteiger charge is 2.19. The van der Waals surface area contributed by atoms with Gasteiger partial charge in [-0.1, -0.05) is 0 Å². The third-order valence-corrected chi connectivity index (χ3v) is 6.50. The Morgan fingerprint density at radius 1 is 0.970 bits per heavy atom. The SMILES string of the molecule is CS(=O)(=O)c1ccc(Oc2cc(O[C@H]3CCOC3)cc(-c3ccc(C4=NCCO4)[nH]3)c2)cc1. The second-order valence-electron chi connectivity index (χ2n) is 7.96. The first-order valence-electron chi connectivity index (χ1n) is 10.7. The number of aromatic amines is 1. The summed E-state index contributed by atoms with van der Waals surface area (Å²) in [7, 11) is -3.27. The number of ether oxygens (including phenoxy) is 4. The molecule has 8 nitrogen and oxygen atoms in total. The van der Waals surface area contributed by atoms with Crippen LogP contribution in [0.2, 0.25) is 0 Å². The summed E-state index contributed by atoms with van der Waals surface area (Å²) in [6, 6.07) is 15.9. The van der Waals surface area contributed by atoms with Gasteiger partial charge in [-0.25, -0.2) is 13.4 Å². The summed E-state index contributed by atoms with van der Waals surface area (Å²) >= 11 is 0. The fourth-order valence-corrected chi connectivity index (χ4v) is 4.36. The van der Waals surface area contributed by atoms with E-state index >= 15 is 0 Å². The maximum atomic E-state index is 11.7. The lowest BCUT2D eigenvalue weighted by molar-refractivity contribution is 0.141. The normalized spacial score (nSPS) is 18.1. The predicted octanol–water partition coefficient (Wildman–Crippen LogP) is 3.82. The molecule has 1 saturated heterocycles. The zero-order chi connectivity index (χ0) is 22.8. The smallest absolute Gasteiger partial charge is 0.233 e. The largest absolute Gasteiger partial charge is 0.488 e. The Hall–Kier alpha value is -3.30. The second-order valence-corrected chi connectivity index (χ2v) is 9.98. The van der Waals surface area contributed by atoms with Crippen molar-refractivity contribution >= 4 is 15.7 Å². The van der Waals surface area contributed by atoms with E-state index < -0.39 is 9.84 Å². The summed E-state index contributed by atoms with van der Waals surface area (Å²) in [4.78, 5) is 7.94. The monoisotopic (exact) mass is 468 g/mol. The molecule has 172 valence electrons. The van der Waals surface area contributed by atoms with Crippen molar-refractivity contribution in [2.75, 3.05) is 32.6 Å². The van der Waals surface area contributed by atoms with E-state index in [4.69, 9.17) is 18.9 Å². The Morgan fingerprint density at radius 2 is 1.76 bits per heavy atom. The minimum atomic E-state index is -3.27. The molecular formula is C24H24N2O6S.